The maximum absolute atomic E-state index is 4.45. The van der Waals surface area contributed by atoms with Gasteiger partial charge in [-0.05, 0) is 52.9 Å². The van der Waals surface area contributed by atoms with E-state index < -0.39 is 0 Å². The number of hydrogen-bond acceptors (Lipinski definition) is 5. The second-order valence-corrected chi connectivity index (χ2v) is 6.12. The number of tetrazole rings is 1. The van der Waals surface area contributed by atoms with Crippen LogP contribution in [-0.4, -0.2) is 25.3 Å². The lowest BCUT2D eigenvalue weighted by atomic mass is 9.91. The average molecular weight is 283 g/mol. The Labute approximate surface area is 120 Å². The molecule has 0 bridgehead atoms. The van der Waals surface area contributed by atoms with Crippen LogP contribution in [0, 0.1) is 0 Å². The molecule has 0 amide bonds. The Morgan fingerprint density at radius 3 is 3.10 bits per heavy atom. The molecule has 1 aliphatic carbocycles. The predicted molar refractivity (Wildman–Crippen MR) is 76.6 cm³/mol. The summed E-state index contributed by atoms with van der Waals surface area (Å²) in [5.41, 5.74) is 3.60. The Kier molecular flexibility index (Phi) is 2.88. The van der Waals surface area contributed by atoms with Crippen molar-refractivity contribution in [3.63, 3.8) is 0 Å². The Bertz CT molecular complexity index is 754. The Morgan fingerprint density at radius 2 is 2.10 bits per heavy atom. The van der Waals surface area contributed by atoms with Crippen molar-refractivity contribution >= 4 is 17.4 Å². The zero-order valence-electron chi connectivity index (χ0n) is 10.8. The Hall–Kier alpha value is -1.95. The second kappa shape index (κ2) is 4.86. The third-order valence-corrected chi connectivity index (χ3v) is 4.86. The first-order valence-corrected chi connectivity index (χ1v) is 7.58. The number of aryl methyl sites for hydroxylation is 1. The van der Waals surface area contributed by atoms with Crippen molar-refractivity contribution in [1.82, 2.24) is 25.3 Å². The summed E-state index contributed by atoms with van der Waals surface area (Å²) in [6.45, 7) is 0. The molecule has 1 aliphatic rings. The molecule has 0 saturated heterocycles. The summed E-state index contributed by atoms with van der Waals surface area (Å²) in [5.74, 6) is 0. The fourth-order valence-corrected chi connectivity index (χ4v) is 3.88. The number of thioether (sulfide) groups is 1. The molecule has 2 heterocycles. The molecule has 0 spiro atoms. The SMILES string of the molecule is c1ccc2c(c1)CCCC2Sc1ccc2nnnn2n1. The molecular weight excluding hydrogens is 270 g/mol. The molecule has 5 nitrogen and oxygen atoms in total. The lowest BCUT2D eigenvalue weighted by Crippen LogP contribution is -2.07. The van der Waals surface area contributed by atoms with Crippen LogP contribution in [0.3, 0.4) is 0 Å². The molecule has 1 unspecified atom stereocenters. The molecule has 0 radical (unpaired) electrons. The fourth-order valence-electron chi connectivity index (χ4n) is 2.67. The lowest BCUT2D eigenvalue weighted by Gasteiger charge is -2.24. The summed E-state index contributed by atoms with van der Waals surface area (Å²) in [5, 5.41) is 17.2. The standard InChI is InChI=1S/C14H13N5S/c1-2-6-11-10(4-1)5-3-7-12(11)20-14-9-8-13-15-17-18-19(13)16-14/h1-2,4,6,8-9,12H,3,5,7H2. The highest BCUT2D eigenvalue weighted by Gasteiger charge is 2.21. The van der Waals surface area contributed by atoms with Crippen molar-refractivity contribution in [1.29, 1.82) is 0 Å². The molecule has 2 aromatic heterocycles. The molecule has 4 rings (SSSR count). The van der Waals surface area contributed by atoms with Gasteiger partial charge in [-0.15, -0.1) is 14.8 Å². The summed E-state index contributed by atoms with van der Waals surface area (Å²) < 4.78 is 1.48. The van der Waals surface area contributed by atoms with Gasteiger partial charge in [0.1, 0.15) is 5.03 Å². The minimum Gasteiger partial charge on any atom is -0.140 e. The summed E-state index contributed by atoms with van der Waals surface area (Å²) >= 11 is 1.80. The summed E-state index contributed by atoms with van der Waals surface area (Å²) in [7, 11) is 0. The van der Waals surface area contributed by atoms with E-state index >= 15 is 0 Å². The van der Waals surface area contributed by atoms with Gasteiger partial charge in [-0.2, -0.15) is 0 Å². The Morgan fingerprint density at radius 1 is 1.15 bits per heavy atom. The van der Waals surface area contributed by atoms with Crippen LogP contribution in [0.5, 0.6) is 0 Å². The molecule has 100 valence electrons. The molecule has 0 aliphatic heterocycles. The third-order valence-electron chi connectivity index (χ3n) is 3.62. The lowest BCUT2D eigenvalue weighted by molar-refractivity contribution is 0.667. The van der Waals surface area contributed by atoms with Gasteiger partial charge in [-0.3, -0.25) is 0 Å². The smallest absolute Gasteiger partial charge is 0.140 e. The third kappa shape index (κ3) is 2.06. The highest BCUT2D eigenvalue weighted by molar-refractivity contribution is 7.99. The van der Waals surface area contributed by atoms with E-state index in [-0.39, 0.29) is 0 Å². The topological polar surface area (TPSA) is 56.0 Å². The van der Waals surface area contributed by atoms with Crippen LogP contribution in [0.4, 0.5) is 0 Å². The van der Waals surface area contributed by atoms with E-state index in [2.05, 4.69) is 44.9 Å². The van der Waals surface area contributed by atoms with Gasteiger partial charge < -0.3 is 0 Å². The highest BCUT2D eigenvalue weighted by Crippen LogP contribution is 2.42. The van der Waals surface area contributed by atoms with Crippen molar-refractivity contribution in [2.45, 2.75) is 29.5 Å². The van der Waals surface area contributed by atoms with Crippen LogP contribution in [0.15, 0.2) is 41.4 Å². The highest BCUT2D eigenvalue weighted by atomic mass is 32.2. The van der Waals surface area contributed by atoms with E-state index in [4.69, 9.17) is 0 Å². The zero-order valence-corrected chi connectivity index (χ0v) is 11.6. The van der Waals surface area contributed by atoms with Crippen LogP contribution in [-0.2, 0) is 6.42 Å². The van der Waals surface area contributed by atoms with Gasteiger partial charge in [-0.1, -0.05) is 36.0 Å². The van der Waals surface area contributed by atoms with E-state index in [0.717, 1.165) is 5.03 Å². The van der Waals surface area contributed by atoms with E-state index in [1.54, 1.807) is 11.8 Å². The molecular formula is C14H13N5S. The maximum Gasteiger partial charge on any atom is 0.200 e. The average Bonchev–Trinajstić information content (AvgIpc) is 2.95. The number of fused-ring (bicyclic) bond motifs is 2. The van der Waals surface area contributed by atoms with Gasteiger partial charge in [0.05, 0.1) is 0 Å². The molecule has 0 saturated carbocycles. The van der Waals surface area contributed by atoms with Crippen molar-refractivity contribution < 1.29 is 0 Å². The summed E-state index contributed by atoms with van der Waals surface area (Å²) in [6, 6.07) is 12.6. The van der Waals surface area contributed by atoms with Crippen molar-refractivity contribution in [2.24, 2.45) is 0 Å². The van der Waals surface area contributed by atoms with Gasteiger partial charge >= 0.3 is 0 Å². The number of aromatic nitrogens is 5. The summed E-state index contributed by atoms with van der Waals surface area (Å²) in [4.78, 5) is 0. The molecule has 6 heteroatoms. The van der Waals surface area contributed by atoms with Crippen LogP contribution >= 0.6 is 11.8 Å². The first kappa shape index (κ1) is 11.8. The zero-order chi connectivity index (χ0) is 13.4. The van der Waals surface area contributed by atoms with E-state index in [1.807, 2.05) is 12.1 Å². The van der Waals surface area contributed by atoms with Gasteiger partial charge in [0.2, 0.25) is 0 Å². The van der Waals surface area contributed by atoms with Gasteiger partial charge in [0.15, 0.2) is 5.65 Å². The van der Waals surface area contributed by atoms with Gasteiger partial charge in [0.25, 0.3) is 0 Å². The summed E-state index contributed by atoms with van der Waals surface area (Å²) in [6.07, 6.45) is 3.62. The first-order valence-electron chi connectivity index (χ1n) is 6.70. The van der Waals surface area contributed by atoms with Crippen molar-refractivity contribution in [2.75, 3.05) is 0 Å². The number of rotatable bonds is 2. The van der Waals surface area contributed by atoms with Crippen LogP contribution < -0.4 is 0 Å². The molecule has 20 heavy (non-hydrogen) atoms. The van der Waals surface area contributed by atoms with Crippen LogP contribution in [0.2, 0.25) is 0 Å². The second-order valence-electron chi connectivity index (χ2n) is 4.90. The molecule has 0 fully saturated rings. The molecule has 1 aromatic carbocycles. The Balaban J connectivity index is 1.66. The predicted octanol–water partition coefficient (Wildman–Crippen LogP) is 2.69. The maximum atomic E-state index is 4.45. The monoisotopic (exact) mass is 283 g/mol. The quantitative estimate of drug-likeness (QED) is 0.723. The minimum atomic E-state index is 0.474. The van der Waals surface area contributed by atoms with Crippen molar-refractivity contribution in [3.8, 4) is 0 Å². The number of benzene rings is 1. The molecule has 1 atom stereocenters. The minimum absolute atomic E-state index is 0.474. The van der Waals surface area contributed by atoms with E-state index in [1.165, 1.54) is 35.0 Å². The largest absolute Gasteiger partial charge is 0.200 e. The van der Waals surface area contributed by atoms with E-state index in [0.29, 0.717) is 10.9 Å². The first-order chi connectivity index (χ1) is 9.90. The van der Waals surface area contributed by atoms with E-state index in [9.17, 15) is 0 Å². The van der Waals surface area contributed by atoms with Gasteiger partial charge in [-0.25, -0.2) is 0 Å². The van der Waals surface area contributed by atoms with Crippen molar-refractivity contribution in [3.05, 3.63) is 47.5 Å². The number of hydrogen-bond donors (Lipinski definition) is 0. The van der Waals surface area contributed by atoms with Crippen LogP contribution in [0.1, 0.15) is 29.2 Å². The fraction of sp³-hybridized carbons (Fsp3) is 0.286. The molecule has 0 N–H and O–H groups in total. The normalized spacial score (nSPS) is 18.1. The van der Waals surface area contributed by atoms with Crippen LogP contribution in [0.25, 0.3) is 5.65 Å². The number of nitrogens with zero attached hydrogens (tertiary/aromatic N) is 5. The molecule has 3 aromatic rings. The van der Waals surface area contributed by atoms with Gasteiger partial charge in [0, 0.05) is 5.25 Å².